The predicted molar refractivity (Wildman–Crippen MR) is 123 cm³/mol. The number of sulfone groups is 1. The van der Waals surface area contributed by atoms with E-state index in [1.807, 2.05) is 0 Å². The number of aromatic nitrogens is 1. The molecule has 2 aromatic heterocycles. The van der Waals surface area contributed by atoms with Gasteiger partial charge in [0.05, 0.1) is 32.7 Å². The number of carbonyl (C=O) groups excluding carboxylic acids is 2. The number of amides is 2. The summed E-state index contributed by atoms with van der Waals surface area (Å²) in [6.45, 7) is 0. The van der Waals surface area contributed by atoms with Crippen molar-refractivity contribution in [2.24, 2.45) is 5.92 Å². The minimum atomic E-state index is -3.49. The Kier molecular flexibility index (Phi) is 6.18. The first kappa shape index (κ1) is 22.3. The summed E-state index contributed by atoms with van der Waals surface area (Å²) in [5.41, 5.74) is 0.880. The van der Waals surface area contributed by atoms with Gasteiger partial charge in [0.15, 0.2) is 9.84 Å². The molecule has 0 unspecified atom stereocenters. The highest BCUT2D eigenvalue weighted by Gasteiger charge is 2.43. The fourth-order valence-corrected chi connectivity index (χ4v) is 6.38. The monoisotopic (exact) mass is 491 g/mol. The molecule has 1 fully saturated rings. The third-order valence-corrected chi connectivity index (χ3v) is 8.00. The van der Waals surface area contributed by atoms with Crippen molar-refractivity contribution in [3.63, 3.8) is 0 Å². The van der Waals surface area contributed by atoms with Gasteiger partial charge in [-0.25, -0.2) is 8.42 Å². The second-order valence-electron chi connectivity index (χ2n) is 7.31. The second-order valence-corrected chi connectivity index (χ2v) is 11.2. The van der Waals surface area contributed by atoms with Crippen molar-refractivity contribution in [2.45, 2.75) is 6.04 Å². The number of halogens is 1. The maximum absolute atomic E-state index is 12.8. The molecular weight excluding hydrogens is 474 g/mol. The molecule has 2 amide bonds. The molecule has 11 heteroatoms. The van der Waals surface area contributed by atoms with Gasteiger partial charge in [0.2, 0.25) is 5.91 Å². The Hall–Kier alpha value is -2.95. The van der Waals surface area contributed by atoms with Crippen LogP contribution in [0.5, 0.6) is 0 Å². The van der Waals surface area contributed by atoms with E-state index in [9.17, 15) is 22.8 Å². The lowest BCUT2D eigenvalue weighted by atomic mass is 10.0. The highest BCUT2D eigenvalue weighted by molar-refractivity contribution is 7.91. The first-order valence-corrected chi connectivity index (χ1v) is 12.6. The molecular formula is C21H18ClN3O5S2. The average molecular weight is 492 g/mol. The third kappa shape index (κ3) is 4.93. The molecule has 0 spiro atoms. The van der Waals surface area contributed by atoms with E-state index < -0.39 is 33.6 Å². The summed E-state index contributed by atoms with van der Waals surface area (Å²) in [7, 11) is -3.49. The third-order valence-electron chi connectivity index (χ3n) is 5.04. The number of anilines is 1. The zero-order valence-corrected chi connectivity index (χ0v) is 18.9. The van der Waals surface area contributed by atoms with E-state index in [0.717, 1.165) is 11.3 Å². The van der Waals surface area contributed by atoms with Crippen LogP contribution in [0.4, 0.5) is 5.69 Å². The van der Waals surface area contributed by atoms with Crippen molar-refractivity contribution >= 4 is 50.3 Å². The normalized spacial score (nSPS) is 19.4. The van der Waals surface area contributed by atoms with Crippen LogP contribution in [0.3, 0.4) is 0 Å². The minimum Gasteiger partial charge on any atom is -0.347 e. The van der Waals surface area contributed by atoms with E-state index in [1.165, 1.54) is 10.6 Å². The Balaban J connectivity index is 1.47. The first-order chi connectivity index (χ1) is 15.2. The van der Waals surface area contributed by atoms with Gasteiger partial charge in [0.1, 0.15) is 0 Å². The van der Waals surface area contributed by atoms with Gasteiger partial charge in [0.25, 0.3) is 11.5 Å². The molecule has 1 saturated heterocycles. The number of nitrogens with one attached hydrogen (secondary N) is 2. The lowest BCUT2D eigenvalue weighted by Crippen LogP contribution is -2.44. The molecule has 0 aliphatic carbocycles. The van der Waals surface area contributed by atoms with Gasteiger partial charge >= 0.3 is 0 Å². The van der Waals surface area contributed by atoms with Gasteiger partial charge in [-0.3, -0.25) is 19.0 Å². The van der Waals surface area contributed by atoms with Crippen LogP contribution in [0.25, 0.3) is 5.69 Å². The first-order valence-electron chi connectivity index (χ1n) is 9.57. The van der Waals surface area contributed by atoms with E-state index in [1.54, 1.807) is 54.7 Å². The van der Waals surface area contributed by atoms with Crippen LogP contribution < -0.4 is 16.2 Å². The van der Waals surface area contributed by atoms with Crippen molar-refractivity contribution < 1.29 is 18.0 Å². The number of pyridine rings is 1. The number of nitrogens with zero attached hydrogens (tertiary/aromatic N) is 1. The molecule has 2 atom stereocenters. The molecule has 1 aromatic carbocycles. The zero-order valence-electron chi connectivity index (χ0n) is 16.5. The van der Waals surface area contributed by atoms with Gasteiger partial charge in [-0.15, -0.1) is 11.3 Å². The molecule has 32 heavy (non-hydrogen) atoms. The lowest BCUT2D eigenvalue weighted by Gasteiger charge is -2.19. The Morgan fingerprint density at radius 2 is 1.78 bits per heavy atom. The Bertz CT molecular complexity index is 1330. The van der Waals surface area contributed by atoms with Crippen molar-refractivity contribution in [1.29, 1.82) is 0 Å². The van der Waals surface area contributed by atoms with Crippen molar-refractivity contribution in [2.75, 3.05) is 16.8 Å². The number of hydrogen-bond acceptors (Lipinski definition) is 6. The maximum atomic E-state index is 12.8. The number of rotatable bonds is 5. The van der Waals surface area contributed by atoms with Gasteiger partial charge in [-0.1, -0.05) is 17.7 Å². The van der Waals surface area contributed by atoms with E-state index in [2.05, 4.69) is 10.6 Å². The SMILES string of the molecule is O=C(N[C@H]1CS(=O)(=O)C[C@@H]1C(=O)Nc1ccc(-n2ccccc2=O)cc1)c1ccc(Cl)s1. The van der Waals surface area contributed by atoms with Crippen LogP contribution in [0, 0.1) is 5.92 Å². The molecule has 1 aliphatic heterocycles. The molecule has 166 valence electrons. The van der Waals surface area contributed by atoms with E-state index in [0.29, 0.717) is 20.6 Å². The lowest BCUT2D eigenvalue weighted by molar-refractivity contribution is -0.119. The number of carbonyl (C=O) groups is 2. The zero-order chi connectivity index (χ0) is 22.9. The van der Waals surface area contributed by atoms with Crippen LogP contribution in [0.2, 0.25) is 4.34 Å². The summed E-state index contributed by atoms with van der Waals surface area (Å²) >= 11 is 6.93. The van der Waals surface area contributed by atoms with Crippen molar-refractivity contribution in [3.8, 4) is 5.69 Å². The second kappa shape index (κ2) is 8.89. The molecule has 0 bridgehead atoms. The molecule has 1 aliphatic rings. The summed E-state index contributed by atoms with van der Waals surface area (Å²) in [6, 6.07) is 13.7. The average Bonchev–Trinajstić information content (AvgIpc) is 3.31. The fourth-order valence-electron chi connectivity index (χ4n) is 3.51. The summed E-state index contributed by atoms with van der Waals surface area (Å²) in [5.74, 6) is -2.58. The Labute approximate surface area is 192 Å². The van der Waals surface area contributed by atoms with Crippen molar-refractivity contribution in [3.05, 3.63) is 80.4 Å². The largest absolute Gasteiger partial charge is 0.347 e. The summed E-state index contributed by atoms with van der Waals surface area (Å²) < 4.78 is 26.3. The van der Waals surface area contributed by atoms with Gasteiger partial charge in [0, 0.05) is 23.6 Å². The highest BCUT2D eigenvalue weighted by Crippen LogP contribution is 2.25. The number of thiophene rings is 1. The molecule has 0 saturated carbocycles. The minimum absolute atomic E-state index is 0.189. The Morgan fingerprint density at radius 3 is 2.44 bits per heavy atom. The molecule has 2 N–H and O–H groups in total. The quantitative estimate of drug-likeness (QED) is 0.568. The van der Waals surface area contributed by atoms with Crippen LogP contribution in [-0.2, 0) is 14.6 Å². The smallest absolute Gasteiger partial charge is 0.261 e. The fraction of sp³-hybridized carbons (Fsp3) is 0.190. The predicted octanol–water partition coefficient (Wildman–Crippen LogP) is 2.33. The van der Waals surface area contributed by atoms with Crippen LogP contribution in [0.15, 0.2) is 65.6 Å². The van der Waals surface area contributed by atoms with Gasteiger partial charge in [-0.2, -0.15) is 0 Å². The standard InChI is InChI=1S/C21H18ClN3O5S2/c22-18-9-8-17(31-18)21(28)24-16-12-32(29,30)11-15(16)20(27)23-13-4-6-14(7-5-13)25-10-2-1-3-19(25)26/h1-10,15-16H,11-12H2,(H,23,27)(H,24,28)/t15-,16-/m0/s1. The molecule has 4 rings (SSSR count). The van der Waals surface area contributed by atoms with E-state index in [-0.39, 0.29) is 17.1 Å². The summed E-state index contributed by atoms with van der Waals surface area (Å²) in [6.07, 6.45) is 1.63. The topological polar surface area (TPSA) is 114 Å². The van der Waals surface area contributed by atoms with Crippen LogP contribution in [0.1, 0.15) is 9.67 Å². The van der Waals surface area contributed by atoms with E-state index >= 15 is 0 Å². The summed E-state index contributed by atoms with van der Waals surface area (Å²) in [4.78, 5) is 37.6. The molecule has 8 nitrogen and oxygen atoms in total. The maximum Gasteiger partial charge on any atom is 0.261 e. The molecule has 3 aromatic rings. The van der Waals surface area contributed by atoms with E-state index in [4.69, 9.17) is 11.6 Å². The number of benzene rings is 1. The highest BCUT2D eigenvalue weighted by atomic mass is 35.5. The molecule has 3 heterocycles. The Morgan fingerprint density at radius 1 is 1.03 bits per heavy atom. The van der Waals surface area contributed by atoms with Gasteiger partial charge < -0.3 is 10.6 Å². The van der Waals surface area contributed by atoms with Crippen LogP contribution >= 0.6 is 22.9 Å². The van der Waals surface area contributed by atoms with Crippen LogP contribution in [-0.4, -0.2) is 42.3 Å². The van der Waals surface area contributed by atoms with Crippen molar-refractivity contribution in [1.82, 2.24) is 9.88 Å². The molecule has 0 radical (unpaired) electrons. The summed E-state index contributed by atoms with van der Waals surface area (Å²) in [5, 5.41) is 5.35. The van der Waals surface area contributed by atoms with Gasteiger partial charge in [-0.05, 0) is 42.5 Å². The number of hydrogen-bond donors (Lipinski definition) is 2.